The average Bonchev–Trinajstić information content (AvgIpc) is 2.69. The van der Waals surface area contributed by atoms with Gasteiger partial charge in [-0.1, -0.05) is 13.3 Å². The van der Waals surface area contributed by atoms with Crippen LogP contribution in [0, 0.1) is 11.8 Å². The Morgan fingerprint density at radius 1 is 1.53 bits per heavy atom. The third-order valence-electron chi connectivity index (χ3n) is 3.32. The summed E-state index contributed by atoms with van der Waals surface area (Å²) in [7, 11) is 0. The number of carboxylic acid groups (broad SMARTS) is 1. The van der Waals surface area contributed by atoms with Crippen molar-refractivity contribution in [1.82, 2.24) is 5.32 Å². The van der Waals surface area contributed by atoms with Crippen LogP contribution in [0.15, 0.2) is 0 Å². The number of nitrogens with one attached hydrogen (secondary N) is 1. The number of amides is 1. The maximum absolute atomic E-state index is 11.8. The van der Waals surface area contributed by atoms with E-state index in [2.05, 4.69) is 5.32 Å². The molecule has 1 amide bonds. The molecular weight excluding hydrogens is 222 g/mol. The molecular formula is C12H21NO4. The summed E-state index contributed by atoms with van der Waals surface area (Å²) in [6.45, 7) is 4.89. The van der Waals surface area contributed by atoms with E-state index in [0.29, 0.717) is 13.2 Å². The van der Waals surface area contributed by atoms with Crippen molar-refractivity contribution in [1.29, 1.82) is 0 Å². The molecule has 1 aliphatic heterocycles. The van der Waals surface area contributed by atoms with Crippen molar-refractivity contribution < 1.29 is 19.4 Å². The fourth-order valence-corrected chi connectivity index (χ4v) is 2.06. The summed E-state index contributed by atoms with van der Waals surface area (Å²) in [6.07, 6.45) is 1.58. The molecule has 0 saturated carbocycles. The highest BCUT2D eigenvalue weighted by atomic mass is 16.5. The van der Waals surface area contributed by atoms with Gasteiger partial charge in [-0.3, -0.25) is 9.59 Å². The van der Waals surface area contributed by atoms with Crippen LogP contribution >= 0.6 is 0 Å². The molecule has 1 heterocycles. The van der Waals surface area contributed by atoms with Crippen LogP contribution in [0.2, 0.25) is 0 Å². The normalized spacial score (nSPS) is 25.5. The lowest BCUT2D eigenvalue weighted by Gasteiger charge is -2.17. The Balaban J connectivity index is 2.33. The first kappa shape index (κ1) is 14.0. The number of carboxylic acids is 1. The molecule has 0 spiro atoms. The lowest BCUT2D eigenvalue weighted by molar-refractivity contribution is -0.138. The first-order valence-electron chi connectivity index (χ1n) is 6.15. The molecule has 1 saturated heterocycles. The minimum Gasteiger partial charge on any atom is -0.481 e. The van der Waals surface area contributed by atoms with Crippen molar-refractivity contribution in [2.75, 3.05) is 13.2 Å². The van der Waals surface area contributed by atoms with Gasteiger partial charge in [0.2, 0.25) is 5.91 Å². The molecule has 2 N–H and O–H groups in total. The lowest BCUT2D eigenvalue weighted by atomic mass is 9.99. The predicted octanol–water partition coefficient (Wildman–Crippen LogP) is 1.03. The van der Waals surface area contributed by atoms with Crippen molar-refractivity contribution in [3.63, 3.8) is 0 Å². The SMILES string of the molecule is CCC(CNC(=O)C1CCOC1C)CC(=O)O. The van der Waals surface area contributed by atoms with Crippen molar-refractivity contribution in [2.24, 2.45) is 11.8 Å². The number of carbonyl (C=O) groups excluding carboxylic acids is 1. The molecule has 0 aromatic rings. The van der Waals surface area contributed by atoms with Gasteiger partial charge in [-0.25, -0.2) is 0 Å². The van der Waals surface area contributed by atoms with Crippen molar-refractivity contribution >= 4 is 11.9 Å². The molecule has 0 aromatic heterocycles. The van der Waals surface area contributed by atoms with Gasteiger partial charge in [0, 0.05) is 19.6 Å². The minimum atomic E-state index is -0.816. The average molecular weight is 243 g/mol. The Morgan fingerprint density at radius 2 is 2.24 bits per heavy atom. The minimum absolute atomic E-state index is 0.00841. The highest BCUT2D eigenvalue weighted by Crippen LogP contribution is 2.20. The molecule has 17 heavy (non-hydrogen) atoms. The molecule has 1 rings (SSSR count). The second-order valence-electron chi connectivity index (χ2n) is 4.59. The number of hydrogen-bond donors (Lipinski definition) is 2. The topological polar surface area (TPSA) is 75.6 Å². The molecule has 0 radical (unpaired) electrons. The monoisotopic (exact) mass is 243 g/mol. The quantitative estimate of drug-likeness (QED) is 0.730. The Morgan fingerprint density at radius 3 is 2.71 bits per heavy atom. The Hall–Kier alpha value is -1.10. The molecule has 0 bridgehead atoms. The third kappa shape index (κ3) is 4.34. The van der Waals surface area contributed by atoms with E-state index < -0.39 is 5.97 Å². The van der Waals surface area contributed by atoms with Crippen LogP contribution in [0.4, 0.5) is 0 Å². The Bertz CT molecular complexity index is 280. The highest BCUT2D eigenvalue weighted by Gasteiger charge is 2.30. The summed E-state index contributed by atoms with van der Waals surface area (Å²) in [5.41, 5.74) is 0. The maximum atomic E-state index is 11.8. The van der Waals surface area contributed by atoms with E-state index in [9.17, 15) is 9.59 Å². The molecule has 0 aliphatic carbocycles. The van der Waals surface area contributed by atoms with E-state index in [-0.39, 0.29) is 30.3 Å². The predicted molar refractivity (Wildman–Crippen MR) is 62.6 cm³/mol. The number of hydrogen-bond acceptors (Lipinski definition) is 3. The zero-order chi connectivity index (χ0) is 12.8. The van der Waals surface area contributed by atoms with Crippen LogP contribution in [0.3, 0.4) is 0 Å². The lowest BCUT2D eigenvalue weighted by Crippen LogP contribution is -2.37. The number of ether oxygens (including phenoxy) is 1. The van der Waals surface area contributed by atoms with Crippen LogP contribution in [-0.4, -0.2) is 36.2 Å². The summed E-state index contributed by atoms with van der Waals surface area (Å²) in [6, 6.07) is 0. The molecule has 3 unspecified atom stereocenters. The van der Waals surface area contributed by atoms with Gasteiger partial charge >= 0.3 is 5.97 Å². The van der Waals surface area contributed by atoms with Crippen LogP contribution in [-0.2, 0) is 14.3 Å². The van der Waals surface area contributed by atoms with E-state index in [0.717, 1.165) is 12.8 Å². The van der Waals surface area contributed by atoms with E-state index in [4.69, 9.17) is 9.84 Å². The van der Waals surface area contributed by atoms with Crippen LogP contribution in [0.5, 0.6) is 0 Å². The van der Waals surface area contributed by atoms with Crippen molar-refractivity contribution in [3.05, 3.63) is 0 Å². The van der Waals surface area contributed by atoms with E-state index in [1.165, 1.54) is 0 Å². The molecule has 3 atom stereocenters. The summed E-state index contributed by atoms with van der Waals surface area (Å²) in [5.74, 6) is -0.908. The molecule has 0 aromatic carbocycles. The third-order valence-corrected chi connectivity index (χ3v) is 3.32. The van der Waals surface area contributed by atoms with Crippen molar-refractivity contribution in [2.45, 2.75) is 39.2 Å². The largest absolute Gasteiger partial charge is 0.481 e. The standard InChI is InChI=1S/C12H21NO4/c1-3-9(6-11(14)15)7-13-12(16)10-4-5-17-8(10)2/h8-10H,3-7H2,1-2H3,(H,13,16)(H,14,15). The fraction of sp³-hybridized carbons (Fsp3) is 0.833. The number of carbonyl (C=O) groups is 2. The summed E-state index contributed by atoms with van der Waals surface area (Å²) < 4.78 is 5.33. The number of rotatable bonds is 6. The molecule has 98 valence electrons. The number of aliphatic carboxylic acids is 1. The smallest absolute Gasteiger partial charge is 0.303 e. The maximum Gasteiger partial charge on any atom is 0.303 e. The van der Waals surface area contributed by atoms with Crippen LogP contribution < -0.4 is 5.32 Å². The van der Waals surface area contributed by atoms with Gasteiger partial charge in [-0.15, -0.1) is 0 Å². The molecule has 5 nitrogen and oxygen atoms in total. The highest BCUT2D eigenvalue weighted by molar-refractivity contribution is 5.79. The van der Waals surface area contributed by atoms with Gasteiger partial charge in [0.1, 0.15) is 0 Å². The van der Waals surface area contributed by atoms with Gasteiger partial charge in [-0.05, 0) is 19.3 Å². The summed E-state index contributed by atoms with van der Waals surface area (Å²) >= 11 is 0. The van der Waals surface area contributed by atoms with Gasteiger partial charge < -0.3 is 15.2 Å². The molecule has 5 heteroatoms. The second kappa shape index (κ2) is 6.59. The summed E-state index contributed by atoms with van der Waals surface area (Å²) in [5, 5.41) is 11.5. The zero-order valence-corrected chi connectivity index (χ0v) is 10.4. The van der Waals surface area contributed by atoms with Gasteiger partial charge in [0.05, 0.1) is 12.0 Å². The first-order valence-corrected chi connectivity index (χ1v) is 6.15. The van der Waals surface area contributed by atoms with E-state index >= 15 is 0 Å². The van der Waals surface area contributed by atoms with Crippen LogP contribution in [0.1, 0.15) is 33.1 Å². The summed E-state index contributed by atoms with van der Waals surface area (Å²) in [4.78, 5) is 22.4. The first-order chi connectivity index (χ1) is 8.04. The van der Waals surface area contributed by atoms with Gasteiger partial charge in [0.15, 0.2) is 0 Å². The van der Waals surface area contributed by atoms with E-state index in [1.54, 1.807) is 0 Å². The van der Waals surface area contributed by atoms with E-state index in [1.807, 2.05) is 13.8 Å². The van der Waals surface area contributed by atoms with Crippen LogP contribution in [0.25, 0.3) is 0 Å². The van der Waals surface area contributed by atoms with Gasteiger partial charge in [-0.2, -0.15) is 0 Å². The Labute approximate surface area is 102 Å². The van der Waals surface area contributed by atoms with Gasteiger partial charge in [0.25, 0.3) is 0 Å². The molecule has 1 aliphatic rings. The second-order valence-corrected chi connectivity index (χ2v) is 4.59. The molecule has 1 fully saturated rings. The fourth-order valence-electron chi connectivity index (χ4n) is 2.06. The van der Waals surface area contributed by atoms with Crippen molar-refractivity contribution in [3.8, 4) is 0 Å². The zero-order valence-electron chi connectivity index (χ0n) is 10.4. The Kier molecular flexibility index (Phi) is 5.41.